The van der Waals surface area contributed by atoms with Crippen molar-refractivity contribution < 1.29 is 19.1 Å². The number of anilines is 2. The molecule has 0 bridgehead atoms. The summed E-state index contributed by atoms with van der Waals surface area (Å²) < 4.78 is 10.6. The molecule has 0 radical (unpaired) electrons. The number of benzene rings is 2. The minimum atomic E-state index is -0.106. The van der Waals surface area contributed by atoms with Crippen LogP contribution in [0.25, 0.3) is 0 Å². The van der Waals surface area contributed by atoms with Gasteiger partial charge in [0, 0.05) is 28.3 Å². The number of carbonyl (C=O) groups is 2. The van der Waals surface area contributed by atoms with E-state index in [-0.39, 0.29) is 30.3 Å². The van der Waals surface area contributed by atoms with E-state index >= 15 is 0 Å². The van der Waals surface area contributed by atoms with Gasteiger partial charge in [-0.2, -0.15) is 0 Å². The maximum atomic E-state index is 12.4. The standard InChI is InChI=1S/C22H24N2O4S/c25-21(23-17-9-10-19-20(12-17)28-14-27-19)13-29-18-8-4-7-16(11-18)24-22(26)15-5-2-1-3-6-15/h4,7-12,15H,1-3,5-6,13-14H2,(H,23,25)(H,24,26). The molecule has 1 aliphatic carbocycles. The van der Waals surface area contributed by atoms with E-state index in [1.54, 1.807) is 18.2 Å². The summed E-state index contributed by atoms with van der Waals surface area (Å²) >= 11 is 1.43. The van der Waals surface area contributed by atoms with Crippen LogP contribution in [0.4, 0.5) is 11.4 Å². The van der Waals surface area contributed by atoms with E-state index < -0.39 is 0 Å². The highest BCUT2D eigenvalue weighted by molar-refractivity contribution is 8.00. The van der Waals surface area contributed by atoms with Crippen LogP contribution in [-0.2, 0) is 9.59 Å². The molecule has 0 spiro atoms. The van der Waals surface area contributed by atoms with Gasteiger partial charge in [-0.25, -0.2) is 0 Å². The van der Waals surface area contributed by atoms with Crippen molar-refractivity contribution >= 4 is 35.0 Å². The highest BCUT2D eigenvalue weighted by Gasteiger charge is 2.21. The molecule has 2 aromatic rings. The molecule has 2 amide bonds. The van der Waals surface area contributed by atoms with Crippen LogP contribution in [0.5, 0.6) is 11.5 Å². The van der Waals surface area contributed by atoms with E-state index in [1.807, 2.05) is 24.3 Å². The lowest BCUT2D eigenvalue weighted by molar-refractivity contribution is -0.120. The fourth-order valence-corrected chi connectivity index (χ4v) is 4.35. The van der Waals surface area contributed by atoms with Gasteiger partial charge in [-0.3, -0.25) is 9.59 Å². The molecule has 2 N–H and O–H groups in total. The Hall–Kier alpha value is -2.67. The van der Waals surface area contributed by atoms with E-state index in [2.05, 4.69) is 10.6 Å². The highest BCUT2D eigenvalue weighted by Crippen LogP contribution is 2.34. The lowest BCUT2D eigenvalue weighted by Crippen LogP contribution is -2.24. The highest BCUT2D eigenvalue weighted by atomic mass is 32.2. The molecule has 152 valence electrons. The number of fused-ring (bicyclic) bond motifs is 1. The van der Waals surface area contributed by atoms with Crippen LogP contribution in [0.2, 0.25) is 0 Å². The Morgan fingerprint density at radius 2 is 1.72 bits per heavy atom. The molecule has 2 aliphatic rings. The monoisotopic (exact) mass is 412 g/mol. The second-order valence-corrected chi connectivity index (χ2v) is 8.31. The van der Waals surface area contributed by atoms with Crippen molar-refractivity contribution in [2.24, 2.45) is 5.92 Å². The number of rotatable bonds is 6. The summed E-state index contributed by atoms with van der Waals surface area (Å²) in [4.78, 5) is 25.6. The van der Waals surface area contributed by atoms with Crippen molar-refractivity contribution in [2.45, 2.75) is 37.0 Å². The fourth-order valence-electron chi connectivity index (χ4n) is 3.59. The first-order valence-electron chi connectivity index (χ1n) is 9.90. The van der Waals surface area contributed by atoms with Gasteiger partial charge < -0.3 is 20.1 Å². The Labute approximate surface area is 174 Å². The Morgan fingerprint density at radius 3 is 2.59 bits per heavy atom. The minimum absolute atomic E-state index is 0.104. The van der Waals surface area contributed by atoms with Crippen LogP contribution < -0.4 is 20.1 Å². The number of carbonyl (C=O) groups excluding carboxylic acids is 2. The molecule has 1 aliphatic heterocycles. The third-order valence-electron chi connectivity index (χ3n) is 5.10. The van der Waals surface area contributed by atoms with E-state index in [0.717, 1.165) is 36.3 Å². The Morgan fingerprint density at radius 1 is 0.931 bits per heavy atom. The predicted molar refractivity (Wildman–Crippen MR) is 114 cm³/mol. The molecule has 0 atom stereocenters. The molecule has 29 heavy (non-hydrogen) atoms. The first-order chi connectivity index (χ1) is 14.2. The largest absolute Gasteiger partial charge is 0.454 e. The number of nitrogens with one attached hydrogen (secondary N) is 2. The van der Waals surface area contributed by atoms with Crippen LogP contribution in [0, 0.1) is 5.92 Å². The number of hydrogen-bond acceptors (Lipinski definition) is 5. The zero-order chi connectivity index (χ0) is 20.1. The number of hydrogen-bond donors (Lipinski definition) is 2. The molecule has 0 saturated heterocycles. The SMILES string of the molecule is O=C(CSc1cccc(NC(=O)C2CCCCC2)c1)Nc1ccc2c(c1)OCO2. The molecule has 0 unspecified atom stereocenters. The summed E-state index contributed by atoms with van der Waals surface area (Å²) in [6.07, 6.45) is 5.43. The van der Waals surface area contributed by atoms with Gasteiger partial charge in [0.25, 0.3) is 0 Å². The van der Waals surface area contributed by atoms with Crippen molar-refractivity contribution in [3.63, 3.8) is 0 Å². The Bertz CT molecular complexity index is 896. The molecule has 0 aromatic heterocycles. The quantitative estimate of drug-likeness (QED) is 0.675. The third-order valence-corrected chi connectivity index (χ3v) is 6.10. The maximum Gasteiger partial charge on any atom is 0.234 e. The van der Waals surface area contributed by atoms with Gasteiger partial charge >= 0.3 is 0 Å². The molecule has 4 rings (SSSR count). The van der Waals surface area contributed by atoms with Gasteiger partial charge in [-0.05, 0) is 43.2 Å². The van der Waals surface area contributed by atoms with Gasteiger partial charge in [0.2, 0.25) is 18.6 Å². The summed E-state index contributed by atoms with van der Waals surface area (Å²) in [5, 5.41) is 5.89. The van der Waals surface area contributed by atoms with Crippen molar-refractivity contribution in [2.75, 3.05) is 23.2 Å². The third kappa shape index (κ3) is 5.23. The van der Waals surface area contributed by atoms with Crippen LogP contribution in [0.15, 0.2) is 47.4 Å². The summed E-state index contributed by atoms with van der Waals surface area (Å²) in [6.45, 7) is 0.205. The van der Waals surface area contributed by atoms with E-state index in [1.165, 1.54) is 18.2 Å². The Kier molecular flexibility index (Phi) is 6.24. The van der Waals surface area contributed by atoms with Gasteiger partial charge in [0.05, 0.1) is 5.75 Å². The van der Waals surface area contributed by atoms with Crippen molar-refractivity contribution in [1.29, 1.82) is 0 Å². The first-order valence-corrected chi connectivity index (χ1v) is 10.9. The topological polar surface area (TPSA) is 76.7 Å². The maximum absolute atomic E-state index is 12.4. The predicted octanol–water partition coefficient (Wildman–Crippen LogP) is 4.66. The van der Waals surface area contributed by atoms with Gasteiger partial charge in [-0.15, -0.1) is 11.8 Å². The lowest BCUT2D eigenvalue weighted by Gasteiger charge is -2.20. The van der Waals surface area contributed by atoms with Gasteiger partial charge in [-0.1, -0.05) is 25.3 Å². The summed E-state index contributed by atoms with van der Waals surface area (Å²) in [7, 11) is 0. The average Bonchev–Trinajstić information content (AvgIpc) is 3.21. The Balaban J connectivity index is 1.28. The van der Waals surface area contributed by atoms with Crippen molar-refractivity contribution in [3.8, 4) is 11.5 Å². The number of thioether (sulfide) groups is 1. The zero-order valence-electron chi connectivity index (χ0n) is 16.1. The average molecular weight is 413 g/mol. The smallest absolute Gasteiger partial charge is 0.234 e. The van der Waals surface area contributed by atoms with E-state index in [0.29, 0.717) is 17.2 Å². The molecular weight excluding hydrogens is 388 g/mol. The molecule has 1 saturated carbocycles. The van der Waals surface area contributed by atoms with Crippen LogP contribution in [0.1, 0.15) is 32.1 Å². The van der Waals surface area contributed by atoms with Crippen LogP contribution >= 0.6 is 11.8 Å². The second kappa shape index (κ2) is 9.22. The summed E-state index contributed by atoms with van der Waals surface area (Å²) in [5.41, 5.74) is 1.45. The molecule has 7 heteroatoms. The first kappa shape index (κ1) is 19.6. The lowest BCUT2D eigenvalue weighted by atomic mass is 9.88. The minimum Gasteiger partial charge on any atom is -0.454 e. The zero-order valence-corrected chi connectivity index (χ0v) is 16.9. The summed E-state index contributed by atoms with van der Waals surface area (Å²) in [6, 6.07) is 13.0. The normalized spacial score (nSPS) is 15.7. The van der Waals surface area contributed by atoms with E-state index in [4.69, 9.17) is 9.47 Å². The van der Waals surface area contributed by atoms with Gasteiger partial charge in [0.15, 0.2) is 11.5 Å². The number of amides is 2. The number of ether oxygens (including phenoxy) is 2. The van der Waals surface area contributed by atoms with E-state index in [9.17, 15) is 9.59 Å². The van der Waals surface area contributed by atoms with Crippen molar-refractivity contribution in [1.82, 2.24) is 0 Å². The van der Waals surface area contributed by atoms with Crippen LogP contribution in [-0.4, -0.2) is 24.4 Å². The van der Waals surface area contributed by atoms with Crippen LogP contribution in [0.3, 0.4) is 0 Å². The van der Waals surface area contributed by atoms with Gasteiger partial charge in [0.1, 0.15) is 0 Å². The molecule has 6 nitrogen and oxygen atoms in total. The molecule has 2 aromatic carbocycles. The molecular formula is C22H24N2O4S. The summed E-state index contributed by atoms with van der Waals surface area (Å²) in [5.74, 6) is 1.71. The molecule has 1 heterocycles. The second-order valence-electron chi connectivity index (χ2n) is 7.26. The molecule has 1 fully saturated rings. The fraction of sp³-hybridized carbons (Fsp3) is 0.364. The van der Waals surface area contributed by atoms with Crippen molar-refractivity contribution in [3.05, 3.63) is 42.5 Å².